The molecule has 0 fully saturated rings. The lowest BCUT2D eigenvalue weighted by molar-refractivity contribution is -0.150. The molecule has 0 saturated heterocycles. The zero-order valence-corrected chi connectivity index (χ0v) is 24.6. The Kier molecular flexibility index (Phi) is 9.13. The number of aryl methyl sites for hydroxylation is 2. The number of carbonyl (C=O) groups excluding carboxylic acids is 4. The standard InChI is InChI=1S/C30H37N5O7/c1-6-41-22(36)13-12-21(27(39)42-7-2)35-16-19-11-9-17(14-20(19)26(35)38)8-10-18-15-31-24-23(18)25(37)33-29(32-24)34-28(40)30(3,4)5/h9,11,14-15,21H,6-8,10,12-13,16H2,1-5H3,(H3,31,32,33,34,37,40)/t21-/m0/s1. The fourth-order valence-corrected chi connectivity index (χ4v) is 4.84. The second-order valence-electron chi connectivity index (χ2n) is 11.2. The monoisotopic (exact) mass is 579 g/mol. The summed E-state index contributed by atoms with van der Waals surface area (Å²) in [4.78, 5) is 74.7. The van der Waals surface area contributed by atoms with Crippen LogP contribution >= 0.6 is 0 Å². The van der Waals surface area contributed by atoms with Crippen molar-refractivity contribution in [3.8, 4) is 0 Å². The third-order valence-corrected chi connectivity index (χ3v) is 7.09. The highest BCUT2D eigenvalue weighted by Gasteiger charge is 2.37. The molecule has 224 valence electrons. The Labute approximate surface area is 243 Å². The van der Waals surface area contributed by atoms with Gasteiger partial charge in [0.2, 0.25) is 11.9 Å². The van der Waals surface area contributed by atoms with Gasteiger partial charge >= 0.3 is 11.9 Å². The number of amides is 2. The van der Waals surface area contributed by atoms with Gasteiger partial charge in [0.05, 0.1) is 18.6 Å². The summed E-state index contributed by atoms with van der Waals surface area (Å²) in [5, 5.41) is 3.05. The second-order valence-corrected chi connectivity index (χ2v) is 11.2. The van der Waals surface area contributed by atoms with Crippen molar-refractivity contribution in [2.45, 2.75) is 72.9 Å². The molecular weight excluding hydrogens is 542 g/mol. The average molecular weight is 580 g/mol. The Morgan fingerprint density at radius 3 is 2.52 bits per heavy atom. The molecule has 0 saturated carbocycles. The molecule has 0 spiro atoms. The van der Waals surface area contributed by atoms with Crippen LogP contribution in [0, 0.1) is 5.41 Å². The third-order valence-electron chi connectivity index (χ3n) is 7.09. The van der Waals surface area contributed by atoms with E-state index in [9.17, 15) is 24.0 Å². The highest BCUT2D eigenvalue weighted by molar-refractivity contribution is 6.01. The lowest BCUT2D eigenvalue weighted by atomic mass is 9.96. The number of hydrogen-bond donors (Lipinski definition) is 3. The van der Waals surface area contributed by atoms with Gasteiger partial charge in [-0.25, -0.2) is 4.79 Å². The Hall–Kier alpha value is -4.48. The first-order valence-electron chi connectivity index (χ1n) is 14.1. The highest BCUT2D eigenvalue weighted by atomic mass is 16.5. The molecule has 1 aromatic carbocycles. The van der Waals surface area contributed by atoms with E-state index < -0.39 is 23.4 Å². The first-order chi connectivity index (χ1) is 19.9. The number of aromatic nitrogens is 3. The Morgan fingerprint density at radius 2 is 1.83 bits per heavy atom. The van der Waals surface area contributed by atoms with Crippen molar-refractivity contribution in [1.82, 2.24) is 19.9 Å². The van der Waals surface area contributed by atoms with Crippen molar-refractivity contribution < 1.29 is 28.7 Å². The maximum Gasteiger partial charge on any atom is 0.328 e. The minimum absolute atomic E-state index is 0.00818. The summed E-state index contributed by atoms with van der Waals surface area (Å²) >= 11 is 0. The van der Waals surface area contributed by atoms with Gasteiger partial charge in [-0.3, -0.25) is 29.5 Å². The van der Waals surface area contributed by atoms with Crippen LogP contribution < -0.4 is 10.9 Å². The van der Waals surface area contributed by atoms with Crippen LogP contribution in [0.15, 0.2) is 29.2 Å². The van der Waals surface area contributed by atoms with Crippen LogP contribution in [-0.4, -0.2) is 62.9 Å². The molecule has 3 heterocycles. The van der Waals surface area contributed by atoms with Crippen molar-refractivity contribution in [2.75, 3.05) is 18.5 Å². The van der Waals surface area contributed by atoms with Crippen molar-refractivity contribution in [2.24, 2.45) is 5.41 Å². The number of nitrogens with one attached hydrogen (secondary N) is 3. The van der Waals surface area contributed by atoms with Crippen molar-refractivity contribution in [3.63, 3.8) is 0 Å². The lowest BCUT2D eigenvalue weighted by Crippen LogP contribution is -2.42. The molecular formula is C30H37N5O7. The van der Waals surface area contributed by atoms with Gasteiger partial charge in [0, 0.05) is 30.1 Å². The summed E-state index contributed by atoms with van der Waals surface area (Å²) in [5.74, 6) is -1.48. The molecule has 12 heteroatoms. The SMILES string of the molecule is CCOC(=O)CC[C@@H](C(=O)OCC)N1Cc2ccc(CCc3c[nH]c4nc(NC(=O)C(C)(C)C)[nH]c(=O)c34)cc2C1=O. The Bertz CT molecular complexity index is 1570. The molecule has 1 aliphatic rings. The normalized spacial score (nSPS) is 13.6. The van der Waals surface area contributed by atoms with Gasteiger partial charge in [-0.15, -0.1) is 0 Å². The van der Waals surface area contributed by atoms with Gasteiger partial charge < -0.3 is 19.4 Å². The van der Waals surface area contributed by atoms with Gasteiger partial charge in [0.25, 0.3) is 11.5 Å². The molecule has 0 radical (unpaired) electrons. The molecule has 1 atom stereocenters. The fourth-order valence-electron chi connectivity index (χ4n) is 4.84. The average Bonchev–Trinajstić information content (AvgIpc) is 3.48. The number of H-pyrrole nitrogens is 2. The van der Waals surface area contributed by atoms with E-state index >= 15 is 0 Å². The summed E-state index contributed by atoms with van der Waals surface area (Å²) in [6.07, 6.45) is 2.86. The van der Waals surface area contributed by atoms with Crippen LogP contribution in [0.25, 0.3) is 11.0 Å². The largest absolute Gasteiger partial charge is 0.466 e. The number of nitrogens with zero attached hydrogens (tertiary/aromatic N) is 2. The number of fused-ring (bicyclic) bond motifs is 2. The molecule has 2 amide bonds. The number of ether oxygens (including phenoxy) is 2. The van der Waals surface area contributed by atoms with Gasteiger partial charge in [0.1, 0.15) is 11.7 Å². The second kappa shape index (κ2) is 12.6. The molecule has 4 rings (SSSR count). The van der Waals surface area contributed by atoms with Crippen LogP contribution in [0.2, 0.25) is 0 Å². The maximum absolute atomic E-state index is 13.4. The summed E-state index contributed by atoms with van der Waals surface area (Å²) in [6, 6.07) is 4.69. The van der Waals surface area contributed by atoms with E-state index in [1.54, 1.807) is 40.8 Å². The summed E-state index contributed by atoms with van der Waals surface area (Å²) in [5.41, 5.74) is 2.27. The van der Waals surface area contributed by atoms with Crippen LogP contribution in [0.4, 0.5) is 5.95 Å². The van der Waals surface area contributed by atoms with Crippen LogP contribution in [0.3, 0.4) is 0 Å². The summed E-state index contributed by atoms with van der Waals surface area (Å²) in [6.45, 7) is 9.32. The van der Waals surface area contributed by atoms with Crippen LogP contribution in [-0.2, 0) is 43.2 Å². The van der Waals surface area contributed by atoms with Crippen molar-refractivity contribution in [1.29, 1.82) is 0 Å². The molecule has 0 aliphatic carbocycles. The molecule has 42 heavy (non-hydrogen) atoms. The summed E-state index contributed by atoms with van der Waals surface area (Å²) in [7, 11) is 0. The van der Waals surface area contributed by atoms with Gasteiger partial charge in [-0.05, 0) is 55.9 Å². The van der Waals surface area contributed by atoms with E-state index in [0.717, 1.165) is 16.7 Å². The molecule has 0 unspecified atom stereocenters. The summed E-state index contributed by atoms with van der Waals surface area (Å²) < 4.78 is 10.2. The number of benzene rings is 1. The number of aromatic amines is 2. The molecule has 0 bridgehead atoms. The predicted octanol–water partition coefficient (Wildman–Crippen LogP) is 3.25. The molecule has 1 aliphatic heterocycles. The van der Waals surface area contributed by atoms with Gasteiger partial charge in [-0.2, -0.15) is 4.98 Å². The topological polar surface area (TPSA) is 164 Å². The van der Waals surface area contributed by atoms with Gasteiger partial charge in [-0.1, -0.05) is 32.9 Å². The minimum Gasteiger partial charge on any atom is -0.466 e. The van der Waals surface area contributed by atoms with Gasteiger partial charge in [0.15, 0.2) is 0 Å². The highest BCUT2D eigenvalue weighted by Crippen LogP contribution is 2.28. The van der Waals surface area contributed by atoms with E-state index in [1.165, 1.54) is 4.90 Å². The van der Waals surface area contributed by atoms with E-state index in [0.29, 0.717) is 29.4 Å². The Balaban J connectivity index is 1.48. The fraction of sp³-hybridized carbons (Fsp3) is 0.467. The molecule has 3 aromatic rings. The van der Waals surface area contributed by atoms with E-state index in [2.05, 4.69) is 20.3 Å². The van der Waals surface area contributed by atoms with Crippen molar-refractivity contribution >= 4 is 40.7 Å². The number of anilines is 1. The quantitative estimate of drug-likeness (QED) is 0.292. The lowest BCUT2D eigenvalue weighted by Gasteiger charge is -2.25. The zero-order chi connectivity index (χ0) is 30.6. The van der Waals surface area contributed by atoms with Crippen molar-refractivity contribution in [3.05, 3.63) is 57.0 Å². The number of rotatable bonds is 11. The van der Waals surface area contributed by atoms with E-state index in [1.807, 2.05) is 18.2 Å². The molecule has 12 nitrogen and oxygen atoms in total. The van der Waals surface area contributed by atoms with E-state index in [4.69, 9.17) is 9.47 Å². The minimum atomic E-state index is -0.902. The Morgan fingerprint density at radius 1 is 1.10 bits per heavy atom. The van der Waals surface area contributed by atoms with Crippen LogP contribution in [0.1, 0.15) is 74.5 Å². The predicted molar refractivity (Wildman–Crippen MR) is 155 cm³/mol. The molecule has 3 N–H and O–H groups in total. The maximum atomic E-state index is 13.4. The first-order valence-corrected chi connectivity index (χ1v) is 14.1. The number of esters is 2. The smallest absolute Gasteiger partial charge is 0.328 e. The van der Waals surface area contributed by atoms with Crippen LogP contribution in [0.5, 0.6) is 0 Å². The number of hydrogen-bond acceptors (Lipinski definition) is 8. The zero-order valence-electron chi connectivity index (χ0n) is 24.6. The van der Waals surface area contributed by atoms with E-state index in [-0.39, 0.29) is 55.9 Å². The molecule has 2 aromatic heterocycles. The first kappa shape index (κ1) is 30.5. The number of carbonyl (C=O) groups is 4. The third kappa shape index (κ3) is 6.69.